The van der Waals surface area contributed by atoms with Crippen molar-refractivity contribution < 1.29 is 9.59 Å². The molecule has 1 aliphatic heterocycles. The van der Waals surface area contributed by atoms with Gasteiger partial charge < -0.3 is 14.8 Å². The number of hydrogen-bond acceptors (Lipinski definition) is 3. The van der Waals surface area contributed by atoms with Gasteiger partial charge in [0.2, 0.25) is 5.91 Å². The molecule has 1 N–H and O–H groups in total. The van der Waals surface area contributed by atoms with Gasteiger partial charge in [-0.05, 0) is 55.5 Å². The van der Waals surface area contributed by atoms with Crippen LogP contribution in [0.1, 0.15) is 48.3 Å². The maximum Gasteiger partial charge on any atom is 0.254 e. The molecule has 2 amide bonds. The summed E-state index contributed by atoms with van der Waals surface area (Å²) in [5, 5.41) is 3.58. The monoisotopic (exact) mass is 450 g/mol. The smallest absolute Gasteiger partial charge is 0.254 e. The van der Waals surface area contributed by atoms with E-state index in [2.05, 4.69) is 10.3 Å². The van der Waals surface area contributed by atoms with Crippen molar-refractivity contribution in [3.05, 3.63) is 64.9 Å². The number of benzene rings is 2. The van der Waals surface area contributed by atoms with Crippen LogP contribution >= 0.6 is 11.6 Å². The Morgan fingerprint density at radius 2 is 1.94 bits per heavy atom. The normalized spacial score (nSPS) is 22.7. The molecule has 1 saturated heterocycles. The summed E-state index contributed by atoms with van der Waals surface area (Å²) in [6.07, 6.45) is 4.98. The van der Waals surface area contributed by atoms with E-state index >= 15 is 0 Å². The van der Waals surface area contributed by atoms with Gasteiger partial charge in [-0.2, -0.15) is 0 Å². The number of aryl methyl sites for hydroxylation is 1. The molecule has 166 valence electrons. The third kappa shape index (κ3) is 3.77. The summed E-state index contributed by atoms with van der Waals surface area (Å²) in [4.78, 5) is 33.3. The molecule has 2 heterocycles. The van der Waals surface area contributed by atoms with Gasteiger partial charge in [0.05, 0.1) is 17.6 Å². The Bertz CT molecular complexity index is 1170. The number of imidazole rings is 1. The summed E-state index contributed by atoms with van der Waals surface area (Å²) in [5.74, 6) is 0.952. The van der Waals surface area contributed by atoms with Crippen molar-refractivity contribution in [2.45, 2.75) is 50.7 Å². The number of carbonyl (C=O) groups excluding carboxylic acids is 2. The van der Waals surface area contributed by atoms with Crippen molar-refractivity contribution in [3.63, 3.8) is 0 Å². The first kappa shape index (κ1) is 21.0. The summed E-state index contributed by atoms with van der Waals surface area (Å²) >= 11 is 6.14. The van der Waals surface area contributed by atoms with Crippen LogP contribution in [0.2, 0.25) is 5.02 Å². The van der Waals surface area contributed by atoms with Gasteiger partial charge in [-0.25, -0.2) is 4.98 Å². The van der Waals surface area contributed by atoms with Gasteiger partial charge in [0.1, 0.15) is 11.9 Å². The fraction of sp³-hybridized carbons (Fsp3) is 0.400. The zero-order valence-electron chi connectivity index (χ0n) is 18.1. The molecule has 1 saturated carbocycles. The van der Waals surface area contributed by atoms with Crippen molar-refractivity contribution >= 4 is 34.4 Å². The number of rotatable bonds is 4. The fourth-order valence-corrected chi connectivity index (χ4v) is 5.58. The van der Waals surface area contributed by atoms with Crippen LogP contribution in [0.15, 0.2) is 48.5 Å². The van der Waals surface area contributed by atoms with E-state index in [0.717, 1.165) is 42.5 Å². The lowest BCUT2D eigenvalue weighted by molar-refractivity contribution is -0.125. The summed E-state index contributed by atoms with van der Waals surface area (Å²) in [5.41, 5.74) is 2.47. The number of carbonyl (C=O) groups is 2. The SMILES string of the molecule is Cn1c(CNC(=O)[C@@H]2C[C@@H]3CCCC[C@@H]3N2C(=O)c2cccc(Cl)c2)nc2ccccc21. The van der Waals surface area contributed by atoms with Crippen molar-refractivity contribution in [1.82, 2.24) is 19.8 Å². The van der Waals surface area contributed by atoms with Gasteiger partial charge in [-0.3, -0.25) is 9.59 Å². The average Bonchev–Trinajstić information content (AvgIpc) is 3.35. The fourth-order valence-electron chi connectivity index (χ4n) is 5.39. The molecular weight excluding hydrogens is 424 g/mol. The Morgan fingerprint density at radius 3 is 2.75 bits per heavy atom. The van der Waals surface area contributed by atoms with Gasteiger partial charge in [-0.15, -0.1) is 0 Å². The van der Waals surface area contributed by atoms with Gasteiger partial charge in [0.15, 0.2) is 0 Å². The predicted octanol–water partition coefficient (Wildman–Crippen LogP) is 4.32. The van der Waals surface area contributed by atoms with Crippen molar-refractivity contribution in [3.8, 4) is 0 Å². The summed E-state index contributed by atoms with van der Waals surface area (Å²) in [7, 11) is 1.95. The molecule has 0 unspecified atom stereocenters. The summed E-state index contributed by atoms with van der Waals surface area (Å²) in [6.45, 7) is 0.328. The molecule has 2 fully saturated rings. The van der Waals surface area contributed by atoms with Crippen molar-refractivity contribution in [2.75, 3.05) is 0 Å². The number of halogens is 1. The number of para-hydroxylation sites is 2. The first-order valence-electron chi connectivity index (χ1n) is 11.3. The number of nitrogens with one attached hydrogen (secondary N) is 1. The van der Waals surface area contributed by atoms with Crippen LogP contribution in [-0.2, 0) is 18.4 Å². The zero-order valence-corrected chi connectivity index (χ0v) is 18.9. The molecule has 7 heteroatoms. The second kappa shape index (κ2) is 8.58. The van der Waals surface area contributed by atoms with Crippen LogP contribution in [0, 0.1) is 5.92 Å². The highest BCUT2D eigenvalue weighted by Gasteiger charge is 2.47. The second-order valence-corrected chi connectivity index (χ2v) is 9.32. The molecule has 2 aliphatic rings. The molecule has 32 heavy (non-hydrogen) atoms. The first-order chi connectivity index (χ1) is 15.5. The van der Waals surface area contributed by atoms with E-state index in [-0.39, 0.29) is 17.9 Å². The van der Waals surface area contributed by atoms with E-state index in [1.54, 1.807) is 24.3 Å². The molecule has 0 bridgehead atoms. The predicted molar refractivity (Wildman–Crippen MR) is 124 cm³/mol. The van der Waals surface area contributed by atoms with Gasteiger partial charge >= 0.3 is 0 Å². The number of aromatic nitrogens is 2. The Morgan fingerprint density at radius 1 is 1.12 bits per heavy atom. The third-order valence-electron chi connectivity index (χ3n) is 7.00. The Hall–Kier alpha value is -2.86. The maximum absolute atomic E-state index is 13.5. The van der Waals surface area contributed by atoms with Gasteiger partial charge in [-0.1, -0.05) is 42.6 Å². The third-order valence-corrected chi connectivity index (χ3v) is 7.23. The topological polar surface area (TPSA) is 67.2 Å². The lowest BCUT2D eigenvalue weighted by Gasteiger charge is -2.33. The minimum absolute atomic E-state index is 0.107. The van der Waals surface area contributed by atoms with E-state index in [4.69, 9.17) is 11.6 Å². The highest BCUT2D eigenvalue weighted by atomic mass is 35.5. The van der Waals surface area contributed by atoms with E-state index < -0.39 is 6.04 Å². The number of amides is 2. The highest BCUT2D eigenvalue weighted by Crippen LogP contribution is 2.40. The summed E-state index contributed by atoms with van der Waals surface area (Å²) < 4.78 is 2.00. The quantitative estimate of drug-likeness (QED) is 0.643. The maximum atomic E-state index is 13.5. The van der Waals surface area contributed by atoms with Crippen LogP contribution in [-0.4, -0.2) is 38.3 Å². The summed E-state index contributed by atoms with van der Waals surface area (Å²) in [6, 6.07) is 14.6. The van der Waals surface area contributed by atoms with Gasteiger partial charge in [0, 0.05) is 23.7 Å². The lowest BCUT2D eigenvalue weighted by atomic mass is 9.84. The number of likely N-dealkylation sites (tertiary alicyclic amines) is 1. The van der Waals surface area contributed by atoms with Crippen molar-refractivity contribution in [1.29, 1.82) is 0 Å². The molecule has 5 rings (SSSR count). The van der Waals surface area contributed by atoms with Crippen LogP contribution in [0.4, 0.5) is 0 Å². The molecule has 2 aromatic carbocycles. The van der Waals surface area contributed by atoms with Crippen molar-refractivity contribution in [2.24, 2.45) is 13.0 Å². The Balaban J connectivity index is 1.37. The van der Waals surface area contributed by atoms with Gasteiger partial charge in [0.25, 0.3) is 5.91 Å². The zero-order chi connectivity index (χ0) is 22.2. The first-order valence-corrected chi connectivity index (χ1v) is 11.7. The molecular formula is C25H27ClN4O2. The van der Waals surface area contributed by atoms with E-state index in [1.807, 2.05) is 40.8 Å². The minimum Gasteiger partial charge on any atom is -0.347 e. The molecule has 1 aromatic heterocycles. The van der Waals surface area contributed by atoms with Crippen LogP contribution in [0.3, 0.4) is 0 Å². The molecule has 3 aromatic rings. The van der Waals surface area contributed by atoms with E-state index in [9.17, 15) is 9.59 Å². The Kier molecular flexibility index (Phi) is 5.64. The standard InChI is InChI=1S/C25H27ClN4O2/c1-29-21-12-5-3-10-19(21)28-23(29)15-27-24(31)22-14-16-7-2-4-11-20(16)30(22)25(32)17-8-6-9-18(26)13-17/h3,5-6,8-10,12-13,16,20,22H,2,4,7,11,14-15H2,1H3,(H,27,31)/t16-,20-,22-/m0/s1. The number of nitrogens with zero attached hydrogens (tertiary/aromatic N) is 3. The van der Waals surface area contributed by atoms with E-state index in [0.29, 0.717) is 29.5 Å². The Labute approximate surface area is 192 Å². The molecule has 3 atom stereocenters. The van der Waals surface area contributed by atoms with Crippen LogP contribution in [0.5, 0.6) is 0 Å². The second-order valence-electron chi connectivity index (χ2n) is 8.88. The number of hydrogen-bond donors (Lipinski definition) is 1. The molecule has 0 spiro atoms. The molecule has 0 radical (unpaired) electrons. The number of fused-ring (bicyclic) bond motifs is 2. The highest BCUT2D eigenvalue weighted by molar-refractivity contribution is 6.31. The van der Waals surface area contributed by atoms with E-state index in [1.165, 1.54) is 0 Å². The lowest BCUT2D eigenvalue weighted by Crippen LogP contribution is -2.49. The minimum atomic E-state index is -0.468. The average molecular weight is 451 g/mol. The largest absolute Gasteiger partial charge is 0.347 e. The van der Waals surface area contributed by atoms with Crippen LogP contribution < -0.4 is 5.32 Å². The molecule has 6 nitrogen and oxygen atoms in total. The van der Waals surface area contributed by atoms with Crippen LogP contribution in [0.25, 0.3) is 11.0 Å². The molecule has 1 aliphatic carbocycles.